The molecule has 4 rings (SSSR count). The summed E-state index contributed by atoms with van der Waals surface area (Å²) in [4.78, 5) is 19.8. The normalized spacial score (nSPS) is 10.9. The molecular weight excluding hydrogens is 337 g/mol. The molecule has 25 heavy (non-hydrogen) atoms. The van der Waals surface area contributed by atoms with Crippen LogP contribution in [0.15, 0.2) is 60.1 Å². The Labute approximate surface area is 147 Å². The Morgan fingerprint density at radius 2 is 2.00 bits per heavy atom. The number of amides is 1. The summed E-state index contributed by atoms with van der Waals surface area (Å²) in [6, 6.07) is 13.9. The Hall–Kier alpha value is -2.99. The summed E-state index contributed by atoms with van der Waals surface area (Å²) in [7, 11) is 0. The summed E-state index contributed by atoms with van der Waals surface area (Å²) in [5.74, 6) is -0.398. The fourth-order valence-electron chi connectivity index (χ4n) is 2.61. The summed E-state index contributed by atoms with van der Waals surface area (Å²) in [5.41, 5.74) is 3.33. The van der Waals surface area contributed by atoms with Gasteiger partial charge in [0.05, 0.1) is 12.1 Å². The Kier molecular flexibility index (Phi) is 4.03. The zero-order chi connectivity index (χ0) is 17.2. The number of fused-ring (bicyclic) bond motifs is 1. The number of halogens is 1. The largest absolute Gasteiger partial charge is 0.361 e. The lowest BCUT2D eigenvalue weighted by atomic mass is 10.2. The zero-order valence-corrected chi connectivity index (χ0v) is 13.9. The maximum absolute atomic E-state index is 13.0. The van der Waals surface area contributed by atoms with Gasteiger partial charge in [0.1, 0.15) is 10.8 Å². The molecule has 6 heteroatoms. The molecule has 2 N–H and O–H groups in total. The van der Waals surface area contributed by atoms with Crippen LogP contribution in [0.4, 0.5) is 10.1 Å². The summed E-state index contributed by atoms with van der Waals surface area (Å²) in [5, 5.41) is 6.57. The minimum Gasteiger partial charge on any atom is -0.361 e. The van der Waals surface area contributed by atoms with Crippen LogP contribution in [0.2, 0.25) is 0 Å². The van der Waals surface area contributed by atoms with Crippen LogP contribution in [-0.4, -0.2) is 15.9 Å². The van der Waals surface area contributed by atoms with Crippen LogP contribution in [0, 0.1) is 5.82 Å². The van der Waals surface area contributed by atoms with Crippen LogP contribution in [0.5, 0.6) is 0 Å². The van der Waals surface area contributed by atoms with E-state index < -0.39 is 0 Å². The third-order valence-electron chi connectivity index (χ3n) is 3.82. The Bertz CT molecular complexity index is 1040. The van der Waals surface area contributed by atoms with E-state index in [1.165, 1.54) is 23.5 Å². The maximum atomic E-state index is 13.0. The van der Waals surface area contributed by atoms with E-state index in [-0.39, 0.29) is 18.1 Å². The molecule has 2 aromatic carbocycles. The highest BCUT2D eigenvalue weighted by atomic mass is 32.1. The van der Waals surface area contributed by atoms with Crippen molar-refractivity contribution in [2.24, 2.45) is 0 Å². The molecule has 0 saturated carbocycles. The van der Waals surface area contributed by atoms with Gasteiger partial charge in [-0.25, -0.2) is 9.37 Å². The number of hydrogen-bond donors (Lipinski definition) is 2. The molecule has 0 aliphatic heterocycles. The van der Waals surface area contributed by atoms with Crippen molar-refractivity contribution in [3.8, 4) is 10.6 Å². The number of H-pyrrole nitrogens is 1. The van der Waals surface area contributed by atoms with Crippen molar-refractivity contribution < 1.29 is 9.18 Å². The molecule has 0 radical (unpaired) electrons. The van der Waals surface area contributed by atoms with E-state index in [4.69, 9.17) is 0 Å². The van der Waals surface area contributed by atoms with E-state index in [0.717, 1.165) is 27.2 Å². The SMILES string of the molecule is O=C(Cc1csc(-c2ccc(F)cc2)n1)Nc1ccc2[nH]ccc2c1. The lowest BCUT2D eigenvalue weighted by molar-refractivity contribution is -0.115. The van der Waals surface area contributed by atoms with E-state index >= 15 is 0 Å². The van der Waals surface area contributed by atoms with Gasteiger partial charge in [0.25, 0.3) is 0 Å². The van der Waals surface area contributed by atoms with Crippen molar-refractivity contribution >= 4 is 33.8 Å². The van der Waals surface area contributed by atoms with Crippen molar-refractivity contribution in [3.05, 3.63) is 71.6 Å². The molecule has 4 nitrogen and oxygen atoms in total. The maximum Gasteiger partial charge on any atom is 0.230 e. The van der Waals surface area contributed by atoms with Gasteiger partial charge in [-0.05, 0) is 48.5 Å². The van der Waals surface area contributed by atoms with Crippen LogP contribution >= 0.6 is 11.3 Å². The predicted molar refractivity (Wildman–Crippen MR) is 98.1 cm³/mol. The van der Waals surface area contributed by atoms with Crippen molar-refractivity contribution in [3.63, 3.8) is 0 Å². The Morgan fingerprint density at radius 1 is 1.16 bits per heavy atom. The molecule has 0 spiro atoms. The lowest BCUT2D eigenvalue weighted by Gasteiger charge is -2.04. The van der Waals surface area contributed by atoms with Crippen LogP contribution in [0.1, 0.15) is 5.69 Å². The molecule has 1 amide bonds. The van der Waals surface area contributed by atoms with E-state index in [0.29, 0.717) is 5.69 Å². The number of aromatic amines is 1. The van der Waals surface area contributed by atoms with Crippen molar-refractivity contribution in [2.75, 3.05) is 5.32 Å². The molecule has 2 aromatic heterocycles. The molecule has 0 aliphatic carbocycles. The summed E-state index contributed by atoms with van der Waals surface area (Å²) < 4.78 is 13.0. The first-order valence-corrected chi connectivity index (χ1v) is 8.63. The fraction of sp³-hybridized carbons (Fsp3) is 0.0526. The minimum absolute atomic E-state index is 0.120. The van der Waals surface area contributed by atoms with Gasteiger partial charge in [-0.3, -0.25) is 4.79 Å². The molecule has 0 unspecified atom stereocenters. The van der Waals surface area contributed by atoms with Crippen LogP contribution in [0.3, 0.4) is 0 Å². The number of carbonyl (C=O) groups is 1. The monoisotopic (exact) mass is 351 g/mol. The summed E-state index contributed by atoms with van der Waals surface area (Å²) >= 11 is 1.44. The van der Waals surface area contributed by atoms with Gasteiger partial charge in [-0.2, -0.15) is 0 Å². The molecule has 0 bridgehead atoms. The van der Waals surface area contributed by atoms with Crippen LogP contribution < -0.4 is 5.32 Å². The third-order valence-corrected chi connectivity index (χ3v) is 4.76. The molecular formula is C19H14FN3OS. The molecule has 0 atom stereocenters. The first-order valence-electron chi connectivity index (χ1n) is 7.75. The zero-order valence-electron chi connectivity index (χ0n) is 13.1. The number of thiazole rings is 1. The van der Waals surface area contributed by atoms with Crippen molar-refractivity contribution in [1.82, 2.24) is 9.97 Å². The minimum atomic E-state index is -0.278. The van der Waals surface area contributed by atoms with Gasteiger partial charge in [0, 0.05) is 33.7 Å². The second-order valence-corrected chi connectivity index (χ2v) is 6.51. The molecule has 2 heterocycles. The smallest absolute Gasteiger partial charge is 0.230 e. The van der Waals surface area contributed by atoms with Crippen LogP contribution in [-0.2, 0) is 11.2 Å². The second kappa shape index (κ2) is 6.49. The van der Waals surface area contributed by atoms with E-state index in [1.807, 2.05) is 35.8 Å². The molecule has 124 valence electrons. The first kappa shape index (κ1) is 15.5. The number of benzene rings is 2. The van der Waals surface area contributed by atoms with Crippen molar-refractivity contribution in [2.45, 2.75) is 6.42 Å². The van der Waals surface area contributed by atoms with Gasteiger partial charge < -0.3 is 10.3 Å². The quantitative estimate of drug-likeness (QED) is 0.564. The van der Waals surface area contributed by atoms with Gasteiger partial charge in [-0.1, -0.05) is 0 Å². The summed E-state index contributed by atoms with van der Waals surface area (Å²) in [6.07, 6.45) is 2.06. The highest BCUT2D eigenvalue weighted by Gasteiger charge is 2.10. The second-order valence-electron chi connectivity index (χ2n) is 5.66. The number of aromatic nitrogens is 2. The van der Waals surface area contributed by atoms with Crippen molar-refractivity contribution in [1.29, 1.82) is 0 Å². The number of hydrogen-bond acceptors (Lipinski definition) is 3. The average molecular weight is 351 g/mol. The average Bonchev–Trinajstić information content (AvgIpc) is 3.24. The van der Waals surface area contributed by atoms with E-state index in [1.54, 1.807) is 12.1 Å². The van der Waals surface area contributed by atoms with Crippen LogP contribution in [0.25, 0.3) is 21.5 Å². The first-order chi connectivity index (χ1) is 12.2. The highest BCUT2D eigenvalue weighted by molar-refractivity contribution is 7.13. The number of nitrogens with zero attached hydrogens (tertiary/aromatic N) is 1. The Morgan fingerprint density at radius 3 is 2.84 bits per heavy atom. The van der Waals surface area contributed by atoms with Gasteiger partial charge in [0.15, 0.2) is 0 Å². The van der Waals surface area contributed by atoms with E-state index in [2.05, 4.69) is 15.3 Å². The Balaban J connectivity index is 1.44. The number of rotatable bonds is 4. The number of nitrogens with one attached hydrogen (secondary N) is 2. The van der Waals surface area contributed by atoms with E-state index in [9.17, 15) is 9.18 Å². The highest BCUT2D eigenvalue weighted by Crippen LogP contribution is 2.24. The number of anilines is 1. The third kappa shape index (κ3) is 3.44. The predicted octanol–water partition coefficient (Wildman–Crippen LogP) is 4.61. The standard InChI is InChI=1S/C19H14FN3OS/c20-14-3-1-12(2-4-14)19-23-16(11-25-19)10-18(24)22-15-5-6-17-13(9-15)7-8-21-17/h1-9,11,21H,10H2,(H,22,24). The topological polar surface area (TPSA) is 57.8 Å². The van der Waals surface area contributed by atoms with Gasteiger partial charge >= 0.3 is 0 Å². The molecule has 0 saturated heterocycles. The molecule has 0 aliphatic rings. The van der Waals surface area contributed by atoms with Gasteiger partial charge in [-0.15, -0.1) is 11.3 Å². The molecule has 4 aromatic rings. The number of carbonyl (C=O) groups excluding carboxylic acids is 1. The summed E-state index contributed by atoms with van der Waals surface area (Å²) in [6.45, 7) is 0. The molecule has 0 fully saturated rings. The van der Waals surface area contributed by atoms with Gasteiger partial charge in [0.2, 0.25) is 5.91 Å². The lowest BCUT2D eigenvalue weighted by Crippen LogP contribution is -2.14. The fourth-order valence-corrected chi connectivity index (χ4v) is 3.44.